The molecule has 4 nitrogen and oxygen atoms in total. The molecule has 1 aromatic carbocycles. The number of carbonyl (C=O) groups excluding carboxylic acids is 1. The molecule has 0 unspecified atom stereocenters. The van der Waals surface area contributed by atoms with Crippen molar-refractivity contribution < 1.29 is 9.53 Å². The minimum Gasteiger partial charge on any atom is -0.462 e. The summed E-state index contributed by atoms with van der Waals surface area (Å²) < 4.78 is 7.19. The number of ether oxygens (including phenoxy) is 1. The lowest BCUT2D eigenvalue weighted by Gasteiger charge is -2.22. The molecule has 2 aliphatic rings. The zero-order valence-corrected chi connectivity index (χ0v) is 14.9. The van der Waals surface area contributed by atoms with Crippen LogP contribution in [-0.4, -0.2) is 22.4 Å². The molecular weight excluding hydrogens is 312 g/mol. The van der Waals surface area contributed by atoms with Gasteiger partial charge >= 0.3 is 5.97 Å². The third-order valence-electron chi connectivity index (χ3n) is 5.46. The van der Waals surface area contributed by atoms with Crippen molar-refractivity contribution in [1.82, 2.24) is 9.78 Å². The van der Waals surface area contributed by atoms with Crippen molar-refractivity contribution >= 4 is 5.97 Å². The second-order valence-electron chi connectivity index (χ2n) is 7.28. The second kappa shape index (κ2) is 7.03. The standard InChI is InChI=1S/C21H26N2O2/c1-2-25-21(24)19-14-22-23(20(19)16-11-12-16)18-10-6-9-17(13-18)15-7-4-3-5-8-15/h6,9-10,13-16H,2-5,7-8,11-12H2,1H3. The molecule has 1 aromatic heterocycles. The first-order chi connectivity index (χ1) is 12.3. The zero-order valence-electron chi connectivity index (χ0n) is 14.9. The first kappa shape index (κ1) is 16.4. The maximum atomic E-state index is 12.3. The van der Waals surface area contributed by atoms with Crippen LogP contribution in [0.3, 0.4) is 0 Å². The zero-order chi connectivity index (χ0) is 17.2. The Balaban J connectivity index is 1.68. The Labute approximate surface area is 149 Å². The van der Waals surface area contributed by atoms with Crippen molar-refractivity contribution in [2.75, 3.05) is 6.61 Å². The van der Waals surface area contributed by atoms with Crippen LogP contribution in [0.1, 0.15) is 85.3 Å². The largest absolute Gasteiger partial charge is 0.462 e. The molecule has 0 aliphatic heterocycles. The Morgan fingerprint density at radius 2 is 1.96 bits per heavy atom. The molecule has 0 amide bonds. The Bertz CT molecular complexity index is 755. The maximum absolute atomic E-state index is 12.3. The molecule has 0 atom stereocenters. The summed E-state index contributed by atoms with van der Waals surface area (Å²) in [6, 6.07) is 8.73. The van der Waals surface area contributed by atoms with E-state index in [2.05, 4.69) is 29.4 Å². The first-order valence-electron chi connectivity index (χ1n) is 9.63. The highest BCUT2D eigenvalue weighted by molar-refractivity contribution is 5.91. The lowest BCUT2D eigenvalue weighted by Crippen LogP contribution is -2.10. The van der Waals surface area contributed by atoms with Gasteiger partial charge in [-0.15, -0.1) is 0 Å². The number of aromatic nitrogens is 2. The summed E-state index contributed by atoms with van der Waals surface area (Å²) >= 11 is 0. The molecule has 2 saturated carbocycles. The summed E-state index contributed by atoms with van der Waals surface area (Å²) in [6.07, 6.45) is 10.5. The first-order valence-corrected chi connectivity index (χ1v) is 9.63. The SMILES string of the molecule is CCOC(=O)c1cnn(-c2cccc(C3CCCCC3)c2)c1C1CC1. The van der Waals surface area contributed by atoms with Crippen LogP contribution >= 0.6 is 0 Å². The molecule has 0 N–H and O–H groups in total. The van der Waals surface area contributed by atoms with Crippen molar-refractivity contribution in [3.05, 3.63) is 47.3 Å². The van der Waals surface area contributed by atoms with E-state index in [1.807, 2.05) is 11.6 Å². The van der Waals surface area contributed by atoms with Crippen LogP contribution in [0.4, 0.5) is 0 Å². The van der Waals surface area contributed by atoms with Crippen molar-refractivity contribution in [3.63, 3.8) is 0 Å². The molecular formula is C21H26N2O2. The molecule has 0 bridgehead atoms. The minimum absolute atomic E-state index is 0.251. The average Bonchev–Trinajstić information content (AvgIpc) is 3.40. The van der Waals surface area contributed by atoms with E-state index in [-0.39, 0.29) is 5.97 Å². The molecule has 4 heteroatoms. The summed E-state index contributed by atoms with van der Waals surface area (Å²) in [5.74, 6) is 0.845. The van der Waals surface area contributed by atoms with Gasteiger partial charge in [-0.1, -0.05) is 31.4 Å². The monoisotopic (exact) mass is 338 g/mol. The average molecular weight is 338 g/mol. The van der Waals surface area contributed by atoms with E-state index in [4.69, 9.17) is 4.74 Å². The third kappa shape index (κ3) is 3.35. The topological polar surface area (TPSA) is 44.1 Å². The summed E-state index contributed by atoms with van der Waals surface area (Å²) in [5, 5.41) is 4.55. The van der Waals surface area contributed by atoms with Crippen LogP contribution in [0.5, 0.6) is 0 Å². The van der Waals surface area contributed by atoms with Crippen LogP contribution in [0, 0.1) is 0 Å². The Kier molecular flexibility index (Phi) is 4.60. The van der Waals surface area contributed by atoms with E-state index >= 15 is 0 Å². The van der Waals surface area contributed by atoms with E-state index in [1.165, 1.54) is 37.7 Å². The van der Waals surface area contributed by atoms with Gasteiger partial charge in [0.25, 0.3) is 0 Å². The molecule has 2 fully saturated rings. The number of benzene rings is 1. The van der Waals surface area contributed by atoms with E-state index in [9.17, 15) is 4.79 Å². The Morgan fingerprint density at radius 1 is 1.16 bits per heavy atom. The maximum Gasteiger partial charge on any atom is 0.341 e. The van der Waals surface area contributed by atoms with E-state index in [0.29, 0.717) is 24.0 Å². The number of nitrogens with zero attached hydrogens (tertiary/aromatic N) is 2. The van der Waals surface area contributed by atoms with Crippen LogP contribution in [0.15, 0.2) is 30.5 Å². The molecule has 0 radical (unpaired) electrons. The predicted molar refractivity (Wildman–Crippen MR) is 97.3 cm³/mol. The van der Waals surface area contributed by atoms with Crippen LogP contribution in [0.2, 0.25) is 0 Å². The van der Waals surface area contributed by atoms with Gasteiger partial charge in [0.1, 0.15) is 5.56 Å². The second-order valence-corrected chi connectivity index (χ2v) is 7.28. The number of hydrogen-bond donors (Lipinski definition) is 0. The summed E-state index contributed by atoms with van der Waals surface area (Å²) in [6.45, 7) is 2.23. The van der Waals surface area contributed by atoms with Gasteiger partial charge in [0.15, 0.2) is 0 Å². The number of esters is 1. The summed E-state index contributed by atoms with van der Waals surface area (Å²) in [4.78, 5) is 12.3. The van der Waals surface area contributed by atoms with Gasteiger partial charge in [0.05, 0.1) is 24.2 Å². The third-order valence-corrected chi connectivity index (χ3v) is 5.46. The van der Waals surface area contributed by atoms with Gasteiger partial charge in [-0.3, -0.25) is 0 Å². The molecule has 4 rings (SSSR count). The Morgan fingerprint density at radius 3 is 2.68 bits per heavy atom. The fourth-order valence-corrected chi connectivity index (χ4v) is 4.03. The number of rotatable bonds is 5. The fraction of sp³-hybridized carbons (Fsp3) is 0.524. The van der Waals surface area contributed by atoms with Gasteiger partial charge in [-0.25, -0.2) is 9.48 Å². The van der Waals surface area contributed by atoms with Crippen LogP contribution < -0.4 is 0 Å². The summed E-state index contributed by atoms with van der Waals surface area (Å²) in [7, 11) is 0. The lowest BCUT2D eigenvalue weighted by molar-refractivity contribution is 0.0525. The Hall–Kier alpha value is -2.10. The lowest BCUT2D eigenvalue weighted by atomic mass is 9.84. The van der Waals surface area contributed by atoms with Gasteiger partial charge in [0.2, 0.25) is 0 Å². The van der Waals surface area contributed by atoms with Gasteiger partial charge in [0, 0.05) is 5.92 Å². The van der Waals surface area contributed by atoms with Crippen molar-refractivity contribution in [2.24, 2.45) is 0 Å². The van der Waals surface area contributed by atoms with E-state index < -0.39 is 0 Å². The molecule has 2 aliphatic carbocycles. The van der Waals surface area contributed by atoms with Crippen molar-refractivity contribution in [3.8, 4) is 5.69 Å². The number of hydrogen-bond acceptors (Lipinski definition) is 3. The van der Waals surface area contributed by atoms with Crippen LogP contribution in [-0.2, 0) is 4.74 Å². The molecule has 132 valence electrons. The minimum atomic E-state index is -0.251. The fourth-order valence-electron chi connectivity index (χ4n) is 4.03. The quantitative estimate of drug-likeness (QED) is 0.723. The van der Waals surface area contributed by atoms with Crippen molar-refractivity contribution in [2.45, 2.75) is 63.7 Å². The normalized spacial score (nSPS) is 18.3. The molecule has 1 heterocycles. The highest BCUT2D eigenvalue weighted by atomic mass is 16.5. The van der Waals surface area contributed by atoms with E-state index in [1.54, 1.807) is 6.20 Å². The smallest absolute Gasteiger partial charge is 0.341 e. The molecule has 2 aromatic rings. The van der Waals surface area contributed by atoms with Gasteiger partial charge < -0.3 is 4.74 Å². The molecule has 0 spiro atoms. The number of carbonyl (C=O) groups is 1. The summed E-state index contributed by atoms with van der Waals surface area (Å²) in [5.41, 5.74) is 4.14. The predicted octanol–water partition coefficient (Wildman–Crippen LogP) is 4.97. The highest BCUT2D eigenvalue weighted by Crippen LogP contribution is 2.43. The van der Waals surface area contributed by atoms with Gasteiger partial charge in [-0.2, -0.15) is 5.10 Å². The molecule has 0 saturated heterocycles. The van der Waals surface area contributed by atoms with E-state index in [0.717, 1.165) is 24.2 Å². The van der Waals surface area contributed by atoms with Gasteiger partial charge in [-0.05, 0) is 56.2 Å². The van der Waals surface area contributed by atoms with Crippen molar-refractivity contribution in [1.29, 1.82) is 0 Å². The molecule has 25 heavy (non-hydrogen) atoms. The van der Waals surface area contributed by atoms with Crippen LogP contribution in [0.25, 0.3) is 5.69 Å². The highest BCUT2D eigenvalue weighted by Gasteiger charge is 2.33.